The first-order chi connectivity index (χ1) is 5.86. The van der Waals surface area contributed by atoms with Crippen LogP contribution >= 0.6 is 0 Å². The van der Waals surface area contributed by atoms with Crippen LogP contribution in [0.15, 0.2) is 18.3 Å². The number of anilines is 1. The topological polar surface area (TPSA) is 50.9 Å². The number of nitrogen functional groups attached to an aromatic ring is 1. The van der Waals surface area contributed by atoms with Crippen molar-refractivity contribution >= 4 is 5.69 Å². The van der Waals surface area contributed by atoms with E-state index in [1.165, 1.54) is 6.42 Å². The van der Waals surface area contributed by atoms with Gasteiger partial charge in [-0.2, -0.15) is 0 Å². The minimum atomic E-state index is 0.563. The molecular formula is C9H13N3. The standard InChI is InChI=1S/C9H13N3/c10-8-2-4-12-9(5-8)7-1-3-11-6-7/h2,4-5,7,11H,1,3,6H2,(H2,10,12). The second-order valence-corrected chi connectivity index (χ2v) is 3.20. The minimum absolute atomic E-state index is 0.563. The number of hydrogen-bond donors (Lipinski definition) is 2. The number of aromatic nitrogens is 1. The molecule has 2 rings (SSSR count). The molecule has 0 bridgehead atoms. The molecule has 64 valence electrons. The average molecular weight is 163 g/mol. The predicted molar refractivity (Wildman–Crippen MR) is 48.9 cm³/mol. The summed E-state index contributed by atoms with van der Waals surface area (Å²) < 4.78 is 0. The summed E-state index contributed by atoms with van der Waals surface area (Å²) in [6, 6.07) is 3.80. The summed E-state index contributed by atoms with van der Waals surface area (Å²) in [7, 11) is 0. The van der Waals surface area contributed by atoms with Crippen LogP contribution in [0.4, 0.5) is 5.69 Å². The first-order valence-corrected chi connectivity index (χ1v) is 4.28. The maximum Gasteiger partial charge on any atom is 0.0468 e. The second-order valence-electron chi connectivity index (χ2n) is 3.20. The predicted octanol–water partition coefficient (Wildman–Crippen LogP) is 0.741. The largest absolute Gasteiger partial charge is 0.399 e. The summed E-state index contributed by atoms with van der Waals surface area (Å²) in [6.07, 6.45) is 2.96. The van der Waals surface area contributed by atoms with Crippen molar-refractivity contribution in [3.63, 3.8) is 0 Å². The zero-order chi connectivity index (χ0) is 8.39. The molecule has 1 aromatic heterocycles. The average Bonchev–Trinajstić information content (AvgIpc) is 2.56. The summed E-state index contributed by atoms with van der Waals surface area (Å²) in [4.78, 5) is 4.30. The SMILES string of the molecule is Nc1ccnc(C2CCNC2)c1. The summed E-state index contributed by atoms with van der Waals surface area (Å²) in [6.45, 7) is 2.14. The lowest BCUT2D eigenvalue weighted by Gasteiger charge is -2.07. The number of nitrogens with zero attached hydrogens (tertiary/aromatic N) is 1. The van der Waals surface area contributed by atoms with Gasteiger partial charge >= 0.3 is 0 Å². The maximum atomic E-state index is 5.67. The molecule has 0 aliphatic carbocycles. The Bertz CT molecular complexity index is 266. The monoisotopic (exact) mass is 163 g/mol. The molecule has 1 atom stereocenters. The Hall–Kier alpha value is -1.09. The van der Waals surface area contributed by atoms with Crippen molar-refractivity contribution in [3.05, 3.63) is 24.0 Å². The van der Waals surface area contributed by atoms with Gasteiger partial charge in [0.1, 0.15) is 0 Å². The van der Waals surface area contributed by atoms with Crippen LogP contribution in [0, 0.1) is 0 Å². The van der Waals surface area contributed by atoms with Gasteiger partial charge in [-0.05, 0) is 25.1 Å². The second kappa shape index (κ2) is 3.11. The Morgan fingerprint density at radius 1 is 1.58 bits per heavy atom. The van der Waals surface area contributed by atoms with E-state index in [1.807, 2.05) is 12.1 Å². The van der Waals surface area contributed by atoms with E-state index in [0.29, 0.717) is 5.92 Å². The molecule has 12 heavy (non-hydrogen) atoms. The van der Waals surface area contributed by atoms with E-state index in [2.05, 4.69) is 10.3 Å². The fourth-order valence-corrected chi connectivity index (χ4v) is 1.60. The zero-order valence-corrected chi connectivity index (χ0v) is 6.96. The van der Waals surface area contributed by atoms with Crippen LogP contribution in [0.1, 0.15) is 18.0 Å². The molecule has 1 fully saturated rings. The molecular weight excluding hydrogens is 150 g/mol. The van der Waals surface area contributed by atoms with Gasteiger partial charge in [-0.1, -0.05) is 0 Å². The highest BCUT2D eigenvalue weighted by Gasteiger charge is 2.17. The lowest BCUT2D eigenvalue weighted by Crippen LogP contribution is -2.09. The molecule has 3 heteroatoms. The lowest BCUT2D eigenvalue weighted by atomic mass is 10.0. The quantitative estimate of drug-likeness (QED) is 0.642. The maximum absolute atomic E-state index is 5.67. The molecule has 1 aliphatic rings. The highest BCUT2D eigenvalue weighted by molar-refractivity contribution is 5.38. The van der Waals surface area contributed by atoms with Crippen molar-refractivity contribution in [2.45, 2.75) is 12.3 Å². The van der Waals surface area contributed by atoms with Crippen molar-refractivity contribution in [3.8, 4) is 0 Å². The molecule has 0 radical (unpaired) electrons. The van der Waals surface area contributed by atoms with Gasteiger partial charge in [0.2, 0.25) is 0 Å². The molecule has 0 spiro atoms. The molecule has 2 heterocycles. The van der Waals surface area contributed by atoms with Crippen LogP contribution in [0.5, 0.6) is 0 Å². The summed E-state index contributed by atoms with van der Waals surface area (Å²) >= 11 is 0. The number of hydrogen-bond acceptors (Lipinski definition) is 3. The van der Waals surface area contributed by atoms with E-state index in [9.17, 15) is 0 Å². The van der Waals surface area contributed by atoms with Gasteiger partial charge in [0.05, 0.1) is 0 Å². The number of pyridine rings is 1. The molecule has 0 aromatic carbocycles. The van der Waals surface area contributed by atoms with E-state index >= 15 is 0 Å². The van der Waals surface area contributed by atoms with Crippen molar-refractivity contribution in [1.29, 1.82) is 0 Å². The summed E-state index contributed by atoms with van der Waals surface area (Å²) in [5, 5.41) is 3.31. The zero-order valence-electron chi connectivity index (χ0n) is 6.96. The third-order valence-electron chi connectivity index (χ3n) is 2.28. The van der Waals surface area contributed by atoms with Gasteiger partial charge in [0, 0.05) is 30.0 Å². The molecule has 1 unspecified atom stereocenters. The highest BCUT2D eigenvalue weighted by Crippen LogP contribution is 2.21. The lowest BCUT2D eigenvalue weighted by molar-refractivity contribution is 0.735. The van der Waals surface area contributed by atoms with Gasteiger partial charge < -0.3 is 11.1 Å². The molecule has 1 aromatic rings. The normalized spacial score (nSPS) is 22.8. The van der Waals surface area contributed by atoms with Crippen LogP contribution < -0.4 is 11.1 Å². The summed E-state index contributed by atoms with van der Waals surface area (Å²) in [5.41, 5.74) is 7.60. The number of rotatable bonds is 1. The van der Waals surface area contributed by atoms with Gasteiger partial charge in [-0.3, -0.25) is 4.98 Å². The molecule has 1 saturated heterocycles. The van der Waals surface area contributed by atoms with Crippen LogP contribution in [-0.2, 0) is 0 Å². The van der Waals surface area contributed by atoms with E-state index in [0.717, 1.165) is 24.5 Å². The smallest absolute Gasteiger partial charge is 0.0468 e. The first-order valence-electron chi connectivity index (χ1n) is 4.28. The van der Waals surface area contributed by atoms with Gasteiger partial charge in [0.25, 0.3) is 0 Å². The minimum Gasteiger partial charge on any atom is -0.399 e. The first kappa shape index (κ1) is 7.55. The van der Waals surface area contributed by atoms with Crippen LogP contribution in [0.3, 0.4) is 0 Å². The van der Waals surface area contributed by atoms with Crippen molar-refractivity contribution in [2.24, 2.45) is 0 Å². The van der Waals surface area contributed by atoms with Gasteiger partial charge in [-0.25, -0.2) is 0 Å². The Balaban J connectivity index is 2.21. The van der Waals surface area contributed by atoms with Crippen LogP contribution in [0.25, 0.3) is 0 Å². The van der Waals surface area contributed by atoms with E-state index in [1.54, 1.807) is 6.20 Å². The summed E-state index contributed by atoms with van der Waals surface area (Å²) in [5.74, 6) is 0.563. The van der Waals surface area contributed by atoms with Gasteiger partial charge in [-0.15, -0.1) is 0 Å². The Labute approximate surface area is 72.0 Å². The fourth-order valence-electron chi connectivity index (χ4n) is 1.60. The van der Waals surface area contributed by atoms with E-state index in [4.69, 9.17) is 5.73 Å². The van der Waals surface area contributed by atoms with E-state index < -0.39 is 0 Å². The molecule has 3 nitrogen and oxygen atoms in total. The van der Waals surface area contributed by atoms with E-state index in [-0.39, 0.29) is 0 Å². The molecule has 0 amide bonds. The van der Waals surface area contributed by atoms with Gasteiger partial charge in [0.15, 0.2) is 0 Å². The Morgan fingerprint density at radius 2 is 2.50 bits per heavy atom. The third kappa shape index (κ3) is 1.41. The molecule has 1 aliphatic heterocycles. The third-order valence-corrected chi connectivity index (χ3v) is 2.28. The Morgan fingerprint density at radius 3 is 3.17 bits per heavy atom. The van der Waals surface area contributed by atoms with Crippen LogP contribution in [0.2, 0.25) is 0 Å². The number of nitrogens with one attached hydrogen (secondary N) is 1. The van der Waals surface area contributed by atoms with Crippen LogP contribution in [-0.4, -0.2) is 18.1 Å². The Kier molecular flexibility index (Phi) is 1.96. The van der Waals surface area contributed by atoms with Crippen molar-refractivity contribution in [1.82, 2.24) is 10.3 Å². The highest BCUT2D eigenvalue weighted by atomic mass is 14.9. The molecule has 0 saturated carbocycles. The molecule has 3 N–H and O–H groups in total. The van der Waals surface area contributed by atoms with Crippen molar-refractivity contribution < 1.29 is 0 Å². The fraction of sp³-hybridized carbons (Fsp3) is 0.444. The number of nitrogens with two attached hydrogens (primary N) is 1. The van der Waals surface area contributed by atoms with Crippen molar-refractivity contribution in [2.75, 3.05) is 18.8 Å².